The van der Waals surface area contributed by atoms with Crippen LogP contribution in [0.4, 0.5) is 0 Å². The van der Waals surface area contributed by atoms with Crippen molar-refractivity contribution in [2.45, 2.75) is 77.4 Å². The third kappa shape index (κ3) is 7.22. The number of hydrogen-bond donors (Lipinski definition) is 3. The Kier molecular flexibility index (Phi) is 12.0. The maximum Gasteiger partial charge on any atom is 0.328 e. The minimum atomic E-state index is -1.05. The molecule has 0 aliphatic carbocycles. The third-order valence-corrected chi connectivity index (χ3v) is 12.4. The zero-order chi connectivity index (χ0) is 40.7. The number of aliphatic hydroxyl groups excluding tert-OH is 1. The molecular weight excluding hydrogens is 755 g/mol. The largest absolute Gasteiger partial charge is 0.504 e. The summed E-state index contributed by atoms with van der Waals surface area (Å²) in [6.07, 6.45) is 2.98. The van der Waals surface area contributed by atoms with Gasteiger partial charge >= 0.3 is 11.9 Å². The lowest BCUT2D eigenvalue weighted by Gasteiger charge is -2.44. The van der Waals surface area contributed by atoms with Crippen LogP contribution >= 0.6 is 11.8 Å². The number of carbonyl (C=O) groups is 2. The molecule has 0 radical (unpaired) electrons. The molecule has 0 saturated heterocycles. The highest BCUT2D eigenvalue weighted by atomic mass is 32.2. The summed E-state index contributed by atoms with van der Waals surface area (Å²) in [7, 11) is 5.00. The number of aryl methyl sites for hydroxylation is 2. The molecule has 7 rings (SSSR count). The number of thioether (sulfide) groups is 1. The van der Waals surface area contributed by atoms with Gasteiger partial charge in [-0.05, 0) is 94.3 Å². The van der Waals surface area contributed by atoms with E-state index in [1.807, 2.05) is 32.7 Å². The van der Waals surface area contributed by atoms with Gasteiger partial charge in [0.15, 0.2) is 40.7 Å². The predicted octanol–water partition coefficient (Wildman–Crippen LogP) is 4.82. The topological polar surface area (TPSA) is 158 Å². The van der Waals surface area contributed by atoms with Crippen LogP contribution < -0.4 is 33.7 Å². The number of nitrogens with zero attached hydrogens (tertiary/aromatic N) is 2. The van der Waals surface area contributed by atoms with Crippen molar-refractivity contribution in [2.75, 3.05) is 66.4 Å². The standard InChI is InChI=1S/C42H53N3O11S/c1-21-14-26-10-9-12-44-28(33-22(2)38(55-24(4)47)23(3)39-40(33)54-20-53-39)18-52-42(49)36-27-16-31(50-6)30(48)15-25(27)11-13-45(36)32(17-46)56-41(37(21)51-7)34(26)35(43-5)29(44)19-57-8/h14-16,28-29,32,35-36,43,46,48H,9-13,17-20H2,1-8H3/t28-,29?,32?,35-,36?/m0/s1. The zero-order valence-electron chi connectivity index (χ0n) is 33.9. The average molecular weight is 808 g/mol. The summed E-state index contributed by atoms with van der Waals surface area (Å²) in [6, 6.07) is 3.23. The molecule has 0 spiro atoms. The number of aliphatic hydroxyl groups is 1. The summed E-state index contributed by atoms with van der Waals surface area (Å²) in [4.78, 5) is 31.7. The van der Waals surface area contributed by atoms with E-state index in [1.165, 1.54) is 14.0 Å². The minimum absolute atomic E-state index is 0.0235. The quantitative estimate of drug-likeness (QED) is 0.210. The molecule has 3 N–H and O–H groups in total. The van der Waals surface area contributed by atoms with Gasteiger partial charge in [0, 0.05) is 47.5 Å². The molecule has 6 atom stereocenters. The fourth-order valence-electron chi connectivity index (χ4n) is 9.31. The van der Waals surface area contributed by atoms with Gasteiger partial charge in [-0.25, -0.2) is 9.69 Å². The third-order valence-electron chi connectivity index (χ3n) is 11.7. The number of ether oxygens (including phenoxy) is 7. The summed E-state index contributed by atoms with van der Waals surface area (Å²) >= 11 is 1.70. The van der Waals surface area contributed by atoms with Gasteiger partial charge in [0.2, 0.25) is 6.79 Å². The molecule has 3 aromatic rings. The van der Waals surface area contributed by atoms with Crippen LogP contribution in [0, 0.1) is 20.8 Å². The van der Waals surface area contributed by atoms with E-state index in [1.54, 1.807) is 31.0 Å². The van der Waals surface area contributed by atoms with Crippen LogP contribution in [-0.2, 0) is 27.2 Å². The van der Waals surface area contributed by atoms with E-state index in [2.05, 4.69) is 22.5 Å². The highest BCUT2D eigenvalue weighted by Crippen LogP contribution is 2.52. The van der Waals surface area contributed by atoms with Gasteiger partial charge in [-0.1, -0.05) is 6.07 Å². The van der Waals surface area contributed by atoms with Gasteiger partial charge in [-0.2, -0.15) is 11.8 Å². The molecule has 308 valence electrons. The number of rotatable bonds is 8. The van der Waals surface area contributed by atoms with Crippen LogP contribution in [0.1, 0.15) is 76.0 Å². The molecule has 0 amide bonds. The summed E-state index contributed by atoms with van der Waals surface area (Å²) in [6.45, 7) is 7.44. The second-order valence-corrected chi connectivity index (χ2v) is 15.8. The maximum atomic E-state index is 15.0. The molecule has 3 aromatic carbocycles. The first kappa shape index (κ1) is 40.8. The van der Waals surface area contributed by atoms with Crippen molar-refractivity contribution in [1.82, 2.24) is 15.1 Å². The monoisotopic (exact) mass is 807 g/mol. The van der Waals surface area contributed by atoms with E-state index < -0.39 is 36.9 Å². The van der Waals surface area contributed by atoms with Crippen LogP contribution in [0.3, 0.4) is 0 Å². The predicted molar refractivity (Wildman–Crippen MR) is 213 cm³/mol. The van der Waals surface area contributed by atoms with Crippen molar-refractivity contribution in [3.05, 3.63) is 62.7 Å². The number of methoxy groups -OCH3 is 2. The number of fused-ring (bicyclic) bond motifs is 6. The summed E-state index contributed by atoms with van der Waals surface area (Å²) in [5.74, 6) is 2.19. The van der Waals surface area contributed by atoms with Gasteiger partial charge in [-0.15, -0.1) is 0 Å². The van der Waals surface area contributed by atoms with E-state index in [0.29, 0.717) is 82.7 Å². The lowest BCUT2D eigenvalue weighted by atomic mass is 9.85. The minimum Gasteiger partial charge on any atom is -0.504 e. The number of likely N-dealkylation sites (N-methyl/N-ethyl adjacent to an activating group) is 1. The van der Waals surface area contributed by atoms with E-state index >= 15 is 0 Å². The maximum absolute atomic E-state index is 15.0. The van der Waals surface area contributed by atoms with Crippen LogP contribution in [-0.4, -0.2) is 111 Å². The Morgan fingerprint density at radius 1 is 0.947 bits per heavy atom. The van der Waals surface area contributed by atoms with Gasteiger partial charge in [0.05, 0.1) is 32.9 Å². The fourth-order valence-corrected chi connectivity index (χ4v) is 10.0. The molecule has 4 unspecified atom stereocenters. The molecule has 4 aliphatic rings. The van der Waals surface area contributed by atoms with E-state index in [-0.39, 0.29) is 37.0 Å². The number of esters is 2. The normalized spacial score (nSPS) is 24.3. The number of phenolic OH excluding ortho intramolecular Hbond substituents is 1. The molecule has 14 nitrogen and oxygen atoms in total. The SMILES string of the molecule is CN[C@@H]1c2c3cc(C)c(OC)c2OC(CO)N2CCc4cc(O)c(OC)cc4C2C(=O)OC[C@@H](c2c(C)c(OC(C)=O)c(C)c4c2OCO4)N(CCC3)C1CSC. The molecular formula is C42H53N3O11S. The molecule has 0 aromatic heterocycles. The number of aromatic hydroxyl groups is 1. The van der Waals surface area contributed by atoms with Gasteiger partial charge in [0.1, 0.15) is 18.4 Å². The van der Waals surface area contributed by atoms with Gasteiger partial charge in [0.25, 0.3) is 0 Å². The number of cyclic esters (lactones) is 1. The fraction of sp³-hybridized carbons (Fsp3) is 0.524. The molecule has 2 bridgehead atoms. The molecule has 57 heavy (non-hydrogen) atoms. The van der Waals surface area contributed by atoms with Gasteiger partial charge in [-0.3, -0.25) is 9.69 Å². The Morgan fingerprint density at radius 2 is 1.72 bits per heavy atom. The lowest BCUT2D eigenvalue weighted by Crippen LogP contribution is -2.50. The first-order valence-corrected chi connectivity index (χ1v) is 20.7. The second-order valence-electron chi connectivity index (χ2n) is 14.9. The lowest BCUT2D eigenvalue weighted by molar-refractivity contribution is -0.159. The molecule has 15 heteroatoms. The number of nitrogens with one attached hydrogen (secondary N) is 1. The van der Waals surface area contributed by atoms with Crippen LogP contribution in [0.25, 0.3) is 0 Å². The molecule has 0 fully saturated rings. The van der Waals surface area contributed by atoms with Crippen molar-refractivity contribution in [3.8, 4) is 40.2 Å². The van der Waals surface area contributed by atoms with Crippen LogP contribution in [0.5, 0.6) is 40.2 Å². The molecule has 4 heterocycles. The average Bonchev–Trinajstić information content (AvgIpc) is 3.67. The second kappa shape index (κ2) is 16.8. The molecule has 4 aliphatic heterocycles. The summed E-state index contributed by atoms with van der Waals surface area (Å²) in [5, 5.41) is 25.6. The van der Waals surface area contributed by atoms with Crippen molar-refractivity contribution < 1.29 is 53.0 Å². The Balaban J connectivity index is 1.52. The number of carbonyl (C=O) groups excluding carboxylic acids is 2. The van der Waals surface area contributed by atoms with E-state index in [4.69, 9.17) is 33.2 Å². The first-order valence-electron chi connectivity index (χ1n) is 19.3. The van der Waals surface area contributed by atoms with Crippen molar-refractivity contribution >= 4 is 23.7 Å². The number of benzene rings is 3. The number of hydrogen-bond acceptors (Lipinski definition) is 15. The highest BCUT2D eigenvalue weighted by molar-refractivity contribution is 7.98. The van der Waals surface area contributed by atoms with Gasteiger partial charge < -0.3 is 48.7 Å². The summed E-state index contributed by atoms with van der Waals surface area (Å²) in [5.41, 5.74) is 6.25. The van der Waals surface area contributed by atoms with Crippen molar-refractivity contribution in [1.29, 1.82) is 0 Å². The smallest absolute Gasteiger partial charge is 0.328 e. The summed E-state index contributed by atoms with van der Waals surface area (Å²) < 4.78 is 43.3. The zero-order valence-corrected chi connectivity index (χ0v) is 34.7. The van der Waals surface area contributed by atoms with Crippen LogP contribution in [0.2, 0.25) is 0 Å². The van der Waals surface area contributed by atoms with E-state index in [9.17, 15) is 19.8 Å². The van der Waals surface area contributed by atoms with Crippen LogP contribution in [0.15, 0.2) is 18.2 Å². The van der Waals surface area contributed by atoms with E-state index in [0.717, 1.165) is 28.7 Å². The van der Waals surface area contributed by atoms with Crippen molar-refractivity contribution in [2.24, 2.45) is 0 Å². The Morgan fingerprint density at radius 3 is 2.40 bits per heavy atom. The van der Waals surface area contributed by atoms with Crippen molar-refractivity contribution in [3.63, 3.8) is 0 Å². The Labute approximate surface area is 337 Å². The number of phenols is 1. The first-order chi connectivity index (χ1) is 27.5. The Bertz CT molecular complexity index is 2040. The highest BCUT2D eigenvalue weighted by Gasteiger charge is 2.45. The Hall–Kier alpha value is -4.41. The molecule has 0 saturated carbocycles.